The summed E-state index contributed by atoms with van der Waals surface area (Å²) in [4.78, 5) is 16.3. The van der Waals surface area contributed by atoms with Crippen LogP contribution >= 0.6 is 0 Å². The van der Waals surface area contributed by atoms with E-state index < -0.39 is 0 Å². The van der Waals surface area contributed by atoms with Gasteiger partial charge in [-0.1, -0.05) is 0 Å². The predicted molar refractivity (Wildman–Crippen MR) is 69.9 cm³/mol. The molecule has 0 amide bonds. The lowest BCUT2D eigenvalue weighted by Gasteiger charge is -1.99. The van der Waals surface area contributed by atoms with E-state index in [1.54, 1.807) is 37.6 Å². The largest absolute Gasteiger partial charge is 0.288 e. The topological polar surface area (TPSA) is 76.5 Å². The Morgan fingerprint density at radius 2 is 2.05 bits per heavy atom. The van der Waals surface area contributed by atoms with Crippen LogP contribution in [0.15, 0.2) is 47.7 Å². The first kappa shape index (κ1) is 11.3. The van der Waals surface area contributed by atoms with Crippen LogP contribution in [0, 0.1) is 6.92 Å². The van der Waals surface area contributed by atoms with Crippen molar-refractivity contribution in [2.24, 2.45) is 0 Å². The average Bonchev–Trinajstić information content (AvgIpc) is 2.77. The highest BCUT2D eigenvalue weighted by atomic mass is 16.1. The molecule has 3 aromatic heterocycles. The van der Waals surface area contributed by atoms with Crippen LogP contribution < -0.4 is 5.56 Å². The molecule has 0 fully saturated rings. The zero-order valence-electron chi connectivity index (χ0n) is 10.2. The Hall–Kier alpha value is -2.76. The summed E-state index contributed by atoms with van der Waals surface area (Å²) in [5.41, 5.74) is 2.08. The number of pyridine rings is 1. The minimum atomic E-state index is -0.139. The molecule has 0 aromatic carbocycles. The number of nitrogens with one attached hydrogen (secondary N) is 1. The normalized spacial score (nSPS) is 10.6. The first-order valence-corrected chi connectivity index (χ1v) is 5.77. The second kappa shape index (κ2) is 4.49. The van der Waals surface area contributed by atoms with Crippen LogP contribution in [0.2, 0.25) is 0 Å². The van der Waals surface area contributed by atoms with Crippen molar-refractivity contribution in [1.29, 1.82) is 0 Å². The summed E-state index contributed by atoms with van der Waals surface area (Å²) in [6, 6.07) is 7.17. The van der Waals surface area contributed by atoms with Gasteiger partial charge in [-0.3, -0.25) is 14.9 Å². The van der Waals surface area contributed by atoms with Gasteiger partial charge in [0.2, 0.25) is 0 Å². The third-order valence-electron chi connectivity index (χ3n) is 2.86. The fourth-order valence-corrected chi connectivity index (χ4v) is 1.89. The lowest BCUT2D eigenvalue weighted by molar-refractivity contribution is 0.792. The first-order chi connectivity index (χ1) is 9.27. The molecule has 0 spiro atoms. The van der Waals surface area contributed by atoms with E-state index in [0.29, 0.717) is 11.4 Å². The van der Waals surface area contributed by atoms with E-state index in [0.717, 1.165) is 11.3 Å². The maximum absolute atomic E-state index is 12.2. The maximum atomic E-state index is 12.2. The molecule has 3 heterocycles. The van der Waals surface area contributed by atoms with Gasteiger partial charge in [-0.05, 0) is 31.2 Å². The van der Waals surface area contributed by atoms with Crippen LogP contribution in [0.5, 0.6) is 0 Å². The van der Waals surface area contributed by atoms with E-state index in [1.165, 1.54) is 4.68 Å². The molecule has 0 saturated heterocycles. The van der Waals surface area contributed by atoms with Crippen LogP contribution in [-0.4, -0.2) is 25.0 Å². The summed E-state index contributed by atoms with van der Waals surface area (Å²) in [5, 5.41) is 10.7. The lowest BCUT2D eigenvalue weighted by Crippen LogP contribution is -2.17. The Morgan fingerprint density at radius 1 is 1.21 bits per heavy atom. The molecule has 0 atom stereocenters. The summed E-state index contributed by atoms with van der Waals surface area (Å²) >= 11 is 0. The standard InChI is InChI=1S/C13H11N5O/c1-9-12(10-4-2-6-14-8-10)17-18(13(9)19)11-5-3-7-15-16-11/h2-8,17H,1H3. The van der Waals surface area contributed by atoms with E-state index in [-0.39, 0.29) is 5.56 Å². The van der Waals surface area contributed by atoms with Gasteiger partial charge in [0, 0.05) is 29.7 Å². The van der Waals surface area contributed by atoms with Gasteiger partial charge in [-0.25, -0.2) is 0 Å². The summed E-state index contributed by atoms with van der Waals surface area (Å²) in [7, 11) is 0. The molecule has 3 aromatic rings. The molecule has 0 bridgehead atoms. The van der Waals surface area contributed by atoms with Crippen LogP contribution in [-0.2, 0) is 0 Å². The number of aromatic amines is 1. The van der Waals surface area contributed by atoms with E-state index in [2.05, 4.69) is 20.3 Å². The summed E-state index contributed by atoms with van der Waals surface area (Å²) < 4.78 is 1.38. The van der Waals surface area contributed by atoms with Crippen molar-refractivity contribution in [1.82, 2.24) is 25.0 Å². The molecule has 3 rings (SSSR count). The quantitative estimate of drug-likeness (QED) is 0.747. The second-order valence-electron chi connectivity index (χ2n) is 4.08. The van der Waals surface area contributed by atoms with E-state index in [1.807, 2.05) is 12.1 Å². The molecule has 0 aliphatic carbocycles. The number of hydrogen-bond acceptors (Lipinski definition) is 4. The van der Waals surface area contributed by atoms with Gasteiger partial charge in [0.05, 0.1) is 5.69 Å². The number of hydrogen-bond donors (Lipinski definition) is 1. The average molecular weight is 253 g/mol. The molecule has 6 heteroatoms. The fraction of sp³-hybridized carbons (Fsp3) is 0.0769. The van der Waals surface area contributed by atoms with Crippen molar-refractivity contribution in [3.8, 4) is 17.1 Å². The molecule has 94 valence electrons. The van der Waals surface area contributed by atoms with Crippen LogP contribution in [0.25, 0.3) is 17.1 Å². The third kappa shape index (κ3) is 1.93. The molecule has 19 heavy (non-hydrogen) atoms. The summed E-state index contributed by atoms with van der Waals surface area (Å²) in [6.07, 6.45) is 4.96. The molecular formula is C13H11N5O. The molecule has 0 aliphatic heterocycles. The van der Waals surface area contributed by atoms with E-state index >= 15 is 0 Å². The highest BCUT2D eigenvalue weighted by Crippen LogP contribution is 2.18. The Balaban J connectivity index is 2.19. The smallest absolute Gasteiger partial charge is 0.276 e. The number of rotatable bonds is 2. The Kier molecular flexibility index (Phi) is 2.68. The van der Waals surface area contributed by atoms with E-state index in [4.69, 9.17) is 0 Å². The first-order valence-electron chi connectivity index (χ1n) is 5.77. The van der Waals surface area contributed by atoms with Gasteiger partial charge in [-0.15, -0.1) is 5.10 Å². The van der Waals surface area contributed by atoms with Crippen LogP contribution in [0.1, 0.15) is 5.56 Å². The summed E-state index contributed by atoms with van der Waals surface area (Å²) in [6.45, 7) is 1.77. The Bertz CT molecular complexity index is 746. The Labute approximate surface area is 108 Å². The van der Waals surface area contributed by atoms with E-state index in [9.17, 15) is 4.79 Å². The molecule has 6 nitrogen and oxygen atoms in total. The highest BCUT2D eigenvalue weighted by molar-refractivity contribution is 5.61. The highest BCUT2D eigenvalue weighted by Gasteiger charge is 2.13. The Morgan fingerprint density at radius 3 is 2.74 bits per heavy atom. The minimum Gasteiger partial charge on any atom is -0.288 e. The van der Waals surface area contributed by atoms with Gasteiger partial charge < -0.3 is 0 Å². The van der Waals surface area contributed by atoms with Gasteiger partial charge >= 0.3 is 0 Å². The molecule has 1 N–H and O–H groups in total. The van der Waals surface area contributed by atoms with Crippen LogP contribution in [0.4, 0.5) is 0 Å². The van der Waals surface area contributed by atoms with Crippen molar-refractivity contribution in [3.63, 3.8) is 0 Å². The molecule has 0 unspecified atom stereocenters. The van der Waals surface area contributed by atoms with Crippen molar-refractivity contribution in [2.45, 2.75) is 6.92 Å². The third-order valence-corrected chi connectivity index (χ3v) is 2.86. The zero-order chi connectivity index (χ0) is 13.2. The minimum absolute atomic E-state index is 0.139. The monoisotopic (exact) mass is 253 g/mol. The number of aromatic nitrogens is 5. The SMILES string of the molecule is Cc1c(-c2cccnc2)[nH]n(-c2cccnn2)c1=O. The second-order valence-corrected chi connectivity index (χ2v) is 4.08. The summed E-state index contributed by atoms with van der Waals surface area (Å²) in [5.74, 6) is 0.464. The van der Waals surface area contributed by atoms with Crippen molar-refractivity contribution in [3.05, 3.63) is 58.8 Å². The van der Waals surface area contributed by atoms with Crippen molar-refractivity contribution >= 4 is 0 Å². The van der Waals surface area contributed by atoms with Gasteiger partial charge in [0.25, 0.3) is 5.56 Å². The number of nitrogens with zero attached hydrogens (tertiary/aromatic N) is 4. The van der Waals surface area contributed by atoms with Gasteiger partial charge in [0.1, 0.15) is 0 Å². The maximum Gasteiger partial charge on any atom is 0.276 e. The van der Waals surface area contributed by atoms with Crippen molar-refractivity contribution in [2.75, 3.05) is 0 Å². The van der Waals surface area contributed by atoms with Crippen molar-refractivity contribution < 1.29 is 0 Å². The van der Waals surface area contributed by atoms with Crippen LogP contribution in [0.3, 0.4) is 0 Å². The zero-order valence-corrected chi connectivity index (χ0v) is 10.2. The van der Waals surface area contributed by atoms with Gasteiger partial charge in [0.15, 0.2) is 5.82 Å². The molecule has 0 aliphatic rings. The fourth-order valence-electron chi connectivity index (χ4n) is 1.89. The lowest BCUT2D eigenvalue weighted by atomic mass is 10.1. The molecule has 0 saturated carbocycles. The predicted octanol–water partition coefficient (Wildman–Crippen LogP) is 1.33. The van der Waals surface area contributed by atoms with Gasteiger partial charge in [-0.2, -0.15) is 9.78 Å². The number of H-pyrrole nitrogens is 1. The molecular weight excluding hydrogens is 242 g/mol. The molecule has 0 radical (unpaired) electrons.